The van der Waals surface area contributed by atoms with Crippen LogP contribution in [0.25, 0.3) is 5.69 Å². The summed E-state index contributed by atoms with van der Waals surface area (Å²) >= 11 is 0. The number of halogens is 3. The van der Waals surface area contributed by atoms with Crippen molar-refractivity contribution in [3.8, 4) is 5.69 Å². The monoisotopic (exact) mass is 370 g/mol. The van der Waals surface area contributed by atoms with E-state index >= 15 is 0 Å². The highest BCUT2D eigenvalue weighted by atomic mass is 19.4. The van der Waals surface area contributed by atoms with Gasteiger partial charge in [0, 0.05) is 18.8 Å². The molecule has 0 saturated heterocycles. The first-order chi connectivity index (χ1) is 12.1. The highest BCUT2D eigenvalue weighted by Gasteiger charge is 2.42. The van der Waals surface area contributed by atoms with Crippen molar-refractivity contribution in [3.63, 3.8) is 0 Å². The maximum Gasteiger partial charge on any atom is 0.491 e. The van der Waals surface area contributed by atoms with E-state index in [0.29, 0.717) is 0 Å². The fourth-order valence-electron chi connectivity index (χ4n) is 1.92. The van der Waals surface area contributed by atoms with Gasteiger partial charge >= 0.3 is 18.1 Å². The predicted molar refractivity (Wildman–Crippen MR) is 83.4 cm³/mol. The first-order valence-corrected chi connectivity index (χ1v) is 7.20. The average molecular weight is 370 g/mol. The van der Waals surface area contributed by atoms with Crippen molar-refractivity contribution in [1.29, 1.82) is 0 Å². The summed E-state index contributed by atoms with van der Waals surface area (Å²) in [6, 6.07) is 3.50. The van der Waals surface area contributed by atoms with Gasteiger partial charge < -0.3 is 15.8 Å². The van der Waals surface area contributed by atoms with Crippen molar-refractivity contribution >= 4 is 29.5 Å². The van der Waals surface area contributed by atoms with Crippen molar-refractivity contribution in [2.45, 2.75) is 19.5 Å². The van der Waals surface area contributed by atoms with Gasteiger partial charge in [-0.2, -0.15) is 13.2 Å². The quantitative estimate of drug-likeness (QED) is 0.628. The summed E-state index contributed by atoms with van der Waals surface area (Å²) in [5.74, 6) is -4.46. The Morgan fingerprint density at radius 3 is 2.54 bits per heavy atom. The third-order valence-electron chi connectivity index (χ3n) is 3.17. The molecule has 26 heavy (non-hydrogen) atoms. The second-order valence-electron chi connectivity index (χ2n) is 4.96. The van der Waals surface area contributed by atoms with Crippen LogP contribution >= 0.6 is 0 Å². The Balaban J connectivity index is 2.41. The van der Waals surface area contributed by atoms with Gasteiger partial charge in [0.2, 0.25) is 11.9 Å². The van der Waals surface area contributed by atoms with E-state index in [4.69, 9.17) is 5.73 Å². The summed E-state index contributed by atoms with van der Waals surface area (Å²) in [5, 5.41) is 2.56. The molecule has 11 heteroatoms. The number of amides is 1. The topological polar surface area (TPSA) is 116 Å². The van der Waals surface area contributed by atoms with Gasteiger partial charge in [-0.3, -0.25) is 9.36 Å². The van der Waals surface area contributed by atoms with Crippen LogP contribution in [-0.2, 0) is 14.3 Å². The van der Waals surface area contributed by atoms with Crippen LogP contribution in [0, 0.1) is 0 Å². The van der Waals surface area contributed by atoms with Gasteiger partial charge in [-0.05, 0) is 18.2 Å². The molecule has 0 spiro atoms. The second-order valence-corrected chi connectivity index (χ2v) is 4.96. The van der Waals surface area contributed by atoms with Gasteiger partial charge in [0.05, 0.1) is 16.9 Å². The summed E-state index contributed by atoms with van der Waals surface area (Å²) in [6.45, 7) is 1.62. The number of carbonyl (C=O) groups is 3. The largest absolute Gasteiger partial charge is 0.491 e. The van der Waals surface area contributed by atoms with Crippen molar-refractivity contribution in [2.75, 3.05) is 11.1 Å². The van der Waals surface area contributed by atoms with Crippen LogP contribution in [0.3, 0.4) is 0 Å². The number of nitrogen functional groups attached to an aromatic ring is 1. The van der Waals surface area contributed by atoms with Gasteiger partial charge in [-0.1, -0.05) is 6.92 Å². The second kappa shape index (κ2) is 7.25. The van der Waals surface area contributed by atoms with Crippen LogP contribution in [0.2, 0.25) is 0 Å². The molecule has 0 aliphatic rings. The molecule has 0 saturated carbocycles. The predicted octanol–water partition coefficient (Wildman–Crippen LogP) is 2.05. The molecule has 3 N–H and O–H groups in total. The van der Waals surface area contributed by atoms with Crippen molar-refractivity contribution in [3.05, 3.63) is 36.2 Å². The zero-order chi connectivity index (χ0) is 19.5. The normalized spacial score (nSPS) is 11.1. The molecule has 138 valence electrons. The smallest absolute Gasteiger partial charge is 0.383 e. The molecular formula is C15H13F3N4O4. The lowest BCUT2D eigenvalue weighted by Crippen LogP contribution is -2.28. The van der Waals surface area contributed by atoms with E-state index in [1.165, 1.54) is 23.0 Å². The Morgan fingerprint density at radius 2 is 2.00 bits per heavy atom. The molecule has 0 fully saturated rings. The van der Waals surface area contributed by atoms with E-state index in [9.17, 15) is 27.6 Å². The van der Waals surface area contributed by atoms with Crippen LogP contribution < -0.4 is 11.1 Å². The van der Waals surface area contributed by atoms with Gasteiger partial charge in [0.15, 0.2) is 0 Å². The van der Waals surface area contributed by atoms with E-state index < -0.39 is 18.1 Å². The van der Waals surface area contributed by atoms with Crippen LogP contribution in [0.5, 0.6) is 0 Å². The number of hydrogen-bond acceptors (Lipinski definition) is 6. The molecule has 0 aliphatic heterocycles. The van der Waals surface area contributed by atoms with Crippen molar-refractivity contribution < 1.29 is 32.3 Å². The van der Waals surface area contributed by atoms with E-state index in [1.807, 2.05) is 0 Å². The number of anilines is 2. The fourth-order valence-corrected chi connectivity index (χ4v) is 1.92. The number of carbonyl (C=O) groups excluding carboxylic acids is 3. The molecule has 0 unspecified atom stereocenters. The van der Waals surface area contributed by atoms with Crippen molar-refractivity contribution in [1.82, 2.24) is 9.55 Å². The lowest BCUT2D eigenvalue weighted by molar-refractivity contribution is -0.193. The minimum atomic E-state index is -5.30. The van der Waals surface area contributed by atoms with Gasteiger partial charge in [0.25, 0.3) is 0 Å². The number of aromatic nitrogens is 2. The first-order valence-electron chi connectivity index (χ1n) is 7.20. The Morgan fingerprint density at radius 1 is 1.31 bits per heavy atom. The number of hydrogen-bond donors (Lipinski definition) is 2. The lowest BCUT2D eigenvalue weighted by Gasteiger charge is -2.14. The number of benzene rings is 1. The van der Waals surface area contributed by atoms with E-state index in [-0.39, 0.29) is 35.2 Å². The minimum absolute atomic E-state index is 0.00822. The van der Waals surface area contributed by atoms with Crippen LogP contribution in [0.15, 0.2) is 30.6 Å². The van der Waals surface area contributed by atoms with Crippen LogP contribution in [-0.4, -0.2) is 33.6 Å². The maximum atomic E-state index is 12.2. The number of imidazole rings is 1. The Hall–Kier alpha value is -3.37. The molecule has 1 aromatic heterocycles. The fraction of sp³-hybridized carbons (Fsp3) is 0.200. The summed E-state index contributed by atoms with van der Waals surface area (Å²) in [7, 11) is 0. The minimum Gasteiger partial charge on any atom is -0.383 e. The Kier molecular flexibility index (Phi) is 5.29. The standard InChI is InChI=1S/C15H13F3N4O4/c1-2-11(23)21-9-4-3-8(12(24)26-13(25)15(16,17)18)7-10(9)22-6-5-20-14(22)19/h3-7H,2H2,1H3,(H2,19,20)(H,21,23). The van der Waals surface area contributed by atoms with E-state index in [0.717, 1.165) is 12.1 Å². The Labute approximate surface area is 144 Å². The summed E-state index contributed by atoms with van der Waals surface area (Å²) < 4.78 is 41.8. The molecule has 1 aromatic carbocycles. The number of rotatable bonds is 4. The molecule has 1 amide bonds. The van der Waals surface area contributed by atoms with Crippen LogP contribution in [0.1, 0.15) is 23.7 Å². The molecule has 2 rings (SSSR count). The third kappa shape index (κ3) is 4.18. The van der Waals surface area contributed by atoms with Crippen LogP contribution in [0.4, 0.5) is 24.8 Å². The number of ether oxygens (including phenoxy) is 1. The molecule has 0 aliphatic carbocycles. The van der Waals surface area contributed by atoms with Gasteiger partial charge in [0.1, 0.15) is 0 Å². The molecule has 0 radical (unpaired) electrons. The van der Waals surface area contributed by atoms with E-state index in [2.05, 4.69) is 15.0 Å². The number of nitrogens with two attached hydrogens (primary N) is 1. The summed E-state index contributed by atoms with van der Waals surface area (Å²) in [4.78, 5) is 38.1. The molecule has 0 atom stereocenters. The van der Waals surface area contributed by atoms with Gasteiger partial charge in [-0.15, -0.1) is 0 Å². The maximum absolute atomic E-state index is 12.2. The average Bonchev–Trinajstić information content (AvgIpc) is 2.99. The Bertz CT molecular complexity index is 861. The zero-order valence-corrected chi connectivity index (χ0v) is 13.3. The number of nitrogens with zero attached hydrogens (tertiary/aromatic N) is 2. The zero-order valence-electron chi connectivity index (χ0n) is 13.3. The molecular weight excluding hydrogens is 357 g/mol. The molecule has 2 aromatic rings. The summed E-state index contributed by atoms with van der Waals surface area (Å²) in [6.07, 6.45) is -2.37. The SMILES string of the molecule is CCC(=O)Nc1ccc(C(=O)OC(=O)C(F)(F)F)cc1-n1ccnc1N. The molecule has 0 bridgehead atoms. The molecule has 8 nitrogen and oxygen atoms in total. The first kappa shape index (κ1) is 19.0. The van der Waals surface area contributed by atoms with Gasteiger partial charge in [-0.25, -0.2) is 14.6 Å². The number of esters is 2. The summed E-state index contributed by atoms with van der Waals surface area (Å²) in [5.41, 5.74) is 5.74. The third-order valence-corrected chi connectivity index (χ3v) is 3.17. The van der Waals surface area contributed by atoms with Crippen molar-refractivity contribution in [2.24, 2.45) is 0 Å². The highest BCUT2D eigenvalue weighted by molar-refractivity contribution is 6.00. The van der Waals surface area contributed by atoms with E-state index in [1.54, 1.807) is 6.92 Å². The lowest BCUT2D eigenvalue weighted by atomic mass is 10.1. The number of alkyl halides is 3. The number of nitrogens with one attached hydrogen (secondary N) is 1. The highest BCUT2D eigenvalue weighted by Crippen LogP contribution is 2.25. The molecule has 1 heterocycles.